The molecule has 29 heavy (non-hydrogen) atoms. The van der Waals surface area contributed by atoms with E-state index in [-0.39, 0.29) is 5.91 Å². The summed E-state index contributed by atoms with van der Waals surface area (Å²) >= 11 is 12.9. The number of carbonyl (C=O) groups is 2. The van der Waals surface area contributed by atoms with Gasteiger partial charge in [0.1, 0.15) is 4.88 Å². The second kappa shape index (κ2) is 8.77. The van der Waals surface area contributed by atoms with E-state index in [0.717, 1.165) is 27.1 Å². The molecule has 0 unspecified atom stereocenters. The second-order valence-electron chi connectivity index (χ2n) is 6.15. The van der Waals surface area contributed by atoms with Crippen molar-refractivity contribution in [2.75, 3.05) is 29.7 Å². The van der Waals surface area contributed by atoms with Crippen LogP contribution in [0.25, 0.3) is 10.1 Å². The molecule has 9 heteroatoms. The lowest BCUT2D eigenvalue weighted by Crippen LogP contribution is -2.23. The third-order valence-corrected chi connectivity index (χ3v) is 6.08. The van der Waals surface area contributed by atoms with Crippen molar-refractivity contribution in [2.45, 2.75) is 6.92 Å². The number of nitrogens with one attached hydrogen (secondary N) is 2. The summed E-state index contributed by atoms with van der Waals surface area (Å²) in [6.07, 6.45) is 0. The molecular formula is C20H18ClN3O3S2. The van der Waals surface area contributed by atoms with Crippen LogP contribution in [0.4, 0.5) is 17.1 Å². The van der Waals surface area contributed by atoms with Crippen LogP contribution in [0.15, 0.2) is 42.5 Å². The summed E-state index contributed by atoms with van der Waals surface area (Å²) in [7, 11) is 3.04. The van der Waals surface area contributed by atoms with Crippen LogP contribution >= 0.6 is 35.2 Å². The molecular weight excluding hydrogens is 430 g/mol. The maximum Gasteiger partial charge on any atom is 0.349 e. The molecule has 0 atom stereocenters. The van der Waals surface area contributed by atoms with Gasteiger partial charge in [0.05, 0.1) is 12.1 Å². The van der Waals surface area contributed by atoms with Crippen LogP contribution in [0.2, 0.25) is 5.02 Å². The number of hydrogen-bond acceptors (Lipinski definition) is 5. The van der Waals surface area contributed by atoms with E-state index in [1.807, 2.05) is 42.5 Å². The highest BCUT2D eigenvalue weighted by Gasteiger charge is 2.17. The molecule has 6 nitrogen and oxygen atoms in total. The van der Waals surface area contributed by atoms with Crippen molar-refractivity contribution < 1.29 is 14.3 Å². The highest BCUT2D eigenvalue weighted by atomic mass is 35.5. The molecule has 1 aromatic heterocycles. The number of benzene rings is 2. The molecule has 0 fully saturated rings. The fourth-order valence-corrected chi connectivity index (χ4v) is 4.31. The molecule has 1 amide bonds. The zero-order valence-corrected chi connectivity index (χ0v) is 18.3. The lowest BCUT2D eigenvalue weighted by molar-refractivity contribution is -0.116. The third kappa shape index (κ3) is 4.67. The number of nitrogens with zero attached hydrogens (tertiary/aromatic N) is 1. The van der Waals surface area contributed by atoms with Crippen molar-refractivity contribution in [2.24, 2.45) is 0 Å². The summed E-state index contributed by atoms with van der Waals surface area (Å²) in [6, 6.07) is 12.9. The molecule has 0 aliphatic heterocycles. The summed E-state index contributed by atoms with van der Waals surface area (Å²) in [5.41, 5.74) is 2.34. The topological polar surface area (TPSA) is 70.7 Å². The van der Waals surface area contributed by atoms with Gasteiger partial charge in [0.2, 0.25) is 5.91 Å². The lowest BCUT2D eigenvalue weighted by Gasteiger charge is -2.16. The monoisotopic (exact) mass is 447 g/mol. The summed E-state index contributed by atoms with van der Waals surface area (Å²) in [6.45, 7) is 1.51. The third-order valence-electron chi connectivity index (χ3n) is 4.24. The first-order valence-corrected chi connectivity index (χ1v) is 10.1. The van der Waals surface area contributed by atoms with E-state index in [0.29, 0.717) is 15.0 Å². The normalized spacial score (nSPS) is 10.5. The van der Waals surface area contributed by atoms with Crippen LogP contribution in [0, 0.1) is 0 Å². The van der Waals surface area contributed by atoms with E-state index >= 15 is 0 Å². The van der Waals surface area contributed by atoms with Crippen LogP contribution < -0.4 is 15.5 Å². The Labute approximate surface area is 182 Å². The Hall–Kier alpha value is -2.68. The van der Waals surface area contributed by atoms with Crippen molar-refractivity contribution in [1.29, 1.82) is 0 Å². The van der Waals surface area contributed by atoms with E-state index in [1.54, 1.807) is 11.9 Å². The largest absolute Gasteiger partial charge is 0.465 e. The smallest absolute Gasteiger partial charge is 0.349 e. The molecule has 3 rings (SSSR count). The number of anilines is 3. The number of fused-ring (bicyclic) bond motifs is 1. The van der Waals surface area contributed by atoms with Gasteiger partial charge in [0.15, 0.2) is 5.11 Å². The fraction of sp³-hybridized carbons (Fsp3) is 0.150. The van der Waals surface area contributed by atoms with Gasteiger partial charge in [-0.2, -0.15) is 0 Å². The Bertz CT molecular complexity index is 1100. The van der Waals surface area contributed by atoms with Gasteiger partial charge in [-0.05, 0) is 54.7 Å². The number of hydrogen-bond donors (Lipinski definition) is 2. The lowest BCUT2D eigenvalue weighted by atomic mass is 10.2. The Balaban J connectivity index is 1.71. The Morgan fingerprint density at radius 3 is 2.34 bits per heavy atom. The number of halogens is 1. The first-order chi connectivity index (χ1) is 13.8. The summed E-state index contributed by atoms with van der Waals surface area (Å²) in [5.74, 6) is -0.496. The fourth-order valence-electron chi connectivity index (χ4n) is 2.61. The molecule has 0 aliphatic carbocycles. The van der Waals surface area contributed by atoms with Crippen molar-refractivity contribution >= 4 is 79.3 Å². The van der Waals surface area contributed by atoms with Crippen molar-refractivity contribution in [3.8, 4) is 0 Å². The van der Waals surface area contributed by atoms with Crippen LogP contribution in [0.3, 0.4) is 0 Å². The van der Waals surface area contributed by atoms with Gasteiger partial charge in [-0.15, -0.1) is 11.3 Å². The standard InChI is InChI=1S/C20H18ClN3O3S2/c1-11(25)24(2)14-7-4-12(5-8-14)22-20(28)23-13-6-9-15-16(10-13)29-18(17(15)21)19(26)27-3/h4-10H,1-3H3,(H2,22,23,28). The molecule has 0 spiro atoms. The van der Waals surface area contributed by atoms with Gasteiger partial charge in [0.25, 0.3) is 0 Å². The molecule has 2 N–H and O–H groups in total. The summed E-state index contributed by atoms with van der Waals surface area (Å²) in [5, 5.41) is 7.79. The molecule has 2 aromatic carbocycles. The predicted molar refractivity (Wildman–Crippen MR) is 124 cm³/mol. The number of ether oxygens (including phenoxy) is 1. The summed E-state index contributed by atoms with van der Waals surface area (Å²) in [4.78, 5) is 25.2. The molecule has 0 saturated carbocycles. The average Bonchev–Trinajstić information content (AvgIpc) is 3.03. The number of methoxy groups -OCH3 is 1. The highest BCUT2D eigenvalue weighted by Crippen LogP contribution is 2.37. The quantitative estimate of drug-likeness (QED) is 0.426. The maximum absolute atomic E-state index is 11.8. The minimum atomic E-state index is -0.457. The second-order valence-corrected chi connectivity index (χ2v) is 7.99. The molecule has 150 valence electrons. The minimum absolute atomic E-state index is 0.0395. The van der Waals surface area contributed by atoms with E-state index in [2.05, 4.69) is 10.6 Å². The number of rotatable bonds is 4. The van der Waals surface area contributed by atoms with E-state index in [1.165, 1.54) is 25.4 Å². The van der Waals surface area contributed by atoms with Gasteiger partial charge in [0, 0.05) is 41.1 Å². The van der Waals surface area contributed by atoms with Crippen LogP contribution in [-0.4, -0.2) is 31.1 Å². The maximum atomic E-state index is 11.8. The van der Waals surface area contributed by atoms with Crippen LogP contribution in [-0.2, 0) is 9.53 Å². The molecule has 0 radical (unpaired) electrons. The SMILES string of the molecule is COC(=O)c1sc2cc(NC(=S)Nc3ccc(N(C)C(C)=O)cc3)ccc2c1Cl. The number of amides is 1. The van der Waals surface area contributed by atoms with Gasteiger partial charge >= 0.3 is 5.97 Å². The first kappa shape index (κ1) is 21.0. The highest BCUT2D eigenvalue weighted by molar-refractivity contribution is 7.80. The Morgan fingerprint density at radius 2 is 1.72 bits per heavy atom. The Kier molecular flexibility index (Phi) is 6.36. The van der Waals surface area contributed by atoms with Gasteiger partial charge in [-0.1, -0.05) is 11.6 Å². The first-order valence-electron chi connectivity index (χ1n) is 8.53. The molecule has 1 heterocycles. The van der Waals surface area contributed by atoms with Gasteiger partial charge in [-0.25, -0.2) is 4.79 Å². The number of thiocarbonyl (C=S) groups is 1. The van der Waals surface area contributed by atoms with Crippen molar-refractivity contribution in [3.05, 3.63) is 52.4 Å². The number of thiophene rings is 1. The number of carbonyl (C=O) groups excluding carboxylic acids is 2. The Morgan fingerprint density at radius 1 is 1.10 bits per heavy atom. The van der Waals surface area contributed by atoms with E-state index in [4.69, 9.17) is 28.6 Å². The zero-order valence-electron chi connectivity index (χ0n) is 15.9. The van der Waals surface area contributed by atoms with Crippen LogP contribution in [0.1, 0.15) is 16.6 Å². The van der Waals surface area contributed by atoms with E-state index in [9.17, 15) is 9.59 Å². The molecule has 0 aliphatic rings. The number of esters is 1. The van der Waals surface area contributed by atoms with Gasteiger partial charge in [-0.3, -0.25) is 4.79 Å². The average molecular weight is 448 g/mol. The van der Waals surface area contributed by atoms with E-state index < -0.39 is 5.97 Å². The van der Waals surface area contributed by atoms with Gasteiger partial charge < -0.3 is 20.3 Å². The molecule has 0 bridgehead atoms. The summed E-state index contributed by atoms with van der Waals surface area (Å²) < 4.78 is 5.61. The minimum Gasteiger partial charge on any atom is -0.465 e. The van der Waals surface area contributed by atoms with Crippen molar-refractivity contribution in [1.82, 2.24) is 0 Å². The van der Waals surface area contributed by atoms with Crippen molar-refractivity contribution in [3.63, 3.8) is 0 Å². The predicted octanol–water partition coefficient (Wildman–Crippen LogP) is 5.13. The molecule has 3 aromatic rings. The molecule has 0 saturated heterocycles. The van der Waals surface area contributed by atoms with Crippen LogP contribution in [0.5, 0.6) is 0 Å². The zero-order chi connectivity index (χ0) is 21.1.